The zero-order chi connectivity index (χ0) is 32.4. The quantitative estimate of drug-likeness (QED) is 0.280. The topological polar surface area (TPSA) is 103 Å². The van der Waals surface area contributed by atoms with Gasteiger partial charge in [-0.15, -0.1) is 0 Å². The second kappa shape index (κ2) is 10.6. The van der Waals surface area contributed by atoms with Gasteiger partial charge in [0, 0.05) is 17.4 Å². The average Bonchev–Trinajstić information content (AvgIpc) is 3.36. The van der Waals surface area contributed by atoms with Gasteiger partial charge in [0.2, 0.25) is 0 Å². The molecule has 0 saturated heterocycles. The minimum Gasteiger partial charge on any atom is -0.505 e. The van der Waals surface area contributed by atoms with Crippen LogP contribution in [0.15, 0.2) is 137 Å². The minimum absolute atomic E-state index is 0.0274. The number of carbonyl (C=O) groups is 2. The number of carbonyl (C=O) groups excluding carboxylic acids is 2. The highest BCUT2D eigenvalue weighted by atomic mass is 19.1. The Balaban J connectivity index is 1.43. The Bertz CT molecular complexity index is 2270. The molecule has 4 atom stereocenters. The molecule has 1 aromatic heterocycles. The number of nitrogens with zero attached hydrogens (tertiary/aromatic N) is 3. The predicted octanol–water partition coefficient (Wildman–Crippen LogP) is 5.10. The number of rotatable bonds is 4. The molecule has 4 aromatic carbocycles. The highest BCUT2D eigenvalue weighted by Gasteiger charge is 2.63. The van der Waals surface area contributed by atoms with Crippen LogP contribution in [-0.2, 0) is 21.5 Å². The van der Waals surface area contributed by atoms with E-state index in [9.17, 15) is 24.3 Å². The molecule has 4 unspecified atom stereocenters. The number of hydrogen-bond acceptors (Lipinski definition) is 5. The van der Waals surface area contributed by atoms with Crippen molar-refractivity contribution in [3.05, 3.63) is 170 Å². The van der Waals surface area contributed by atoms with Gasteiger partial charge in [-0.2, -0.15) is 0 Å². The summed E-state index contributed by atoms with van der Waals surface area (Å²) in [5.74, 6) is -3.92. The third kappa shape index (κ3) is 4.05. The van der Waals surface area contributed by atoms with Crippen molar-refractivity contribution < 1.29 is 19.1 Å². The Kier molecular flexibility index (Phi) is 6.47. The first-order valence-electron chi connectivity index (χ1n) is 15.4. The average molecular weight is 626 g/mol. The fourth-order valence-electron chi connectivity index (χ4n) is 8.01. The van der Waals surface area contributed by atoms with E-state index < -0.39 is 46.2 Å². The van der Waals surface area contributed by atoms with Crippen LogP contribution in [0.1, 0.15) is 35.1 Å². The van der Waals surface area contributed by atoms with Crippen molar-refractivity contribution in [3.8, 4) is 11.4 Å². The SMILES string of the molecule is O=C1C(c2ccccc2)=CC(=O)C2(c3ccccc3)C1CC1C(=CCn3c(=O)n(-c4ccccc4)c(=O)n31)C2c1ccc(O)c(F)c1. The van der Waals surface area contributed by atoms with Gasteiger partial charge in [0.25, 0.3) is 0 Å². The molecule has 232 valence electrons. The van der Waals surface area contributed by atoms with E-state index in [1.165, 1.54) is 27.6 Å². The maximum absolute atomic E-state index is 15.2. The zero-order valence-corrected chi connectivity index (χ0v) is 25.0. The second-order valence-electron chi connectivity index (χ2n) is 12.2. The lowest BCUT2D eigenvalue weighted by atomic mass is 9.47. The lowest BCUT2D eigenvalue weighted by Crippen LogP contribution is -2.58. The zero-order valence-electron chi connectivity index (χ0n) is 25.0. The van der Waals surface area contributed by atoms with Gasteiger partial charge >= 0.3 is 11.4 Å². The molecule has 0 amide bonds. The first-order chi connectivity index (χ1) is 22.8. The molecule has 1 aliphatic heterocycles. The molecule has 2 heterocycles. The van der Waals surface area contributed by atoms with Crippen LogP contribution in [-0.4, -0.2) is 30.6 Å². The summed E-state index contributed by atoms with van der Waals surface area (Å²) in [6.07, 6.45) is 3.28. The molecule has 1 N–H and O–H groups in total. The molecule has 1 fully saturated rings. The van der Waals surface area contributed by atoms with Gasteiger partial charge in [0.1, 0.15) is 0 Å². The van der Waals surface area contributed by atoms with E-state index in [0.717, 1.165) is 4.57 Å². The number of ketones is 2. The third-order valence-electron chi connectivity index (χ3n) is 9.96. The number of halogens is 1. The predicted molar refractivity (Wildman–Crippen MR) is 173 cm³/mol. The lowest BCUT2D eigenvalue weighted by Gasteiger charge is -2.54. The molecule has 1 saturated carbocycles. The number of aromatic nitrogens is 3. The molecule has 5 aromatic rings. The molecule has 8 rings (SSSR count). The number of para-hydroxylation sites is 1. The molecule has 0 spiro atoms. The first-order valence-corrected chi connectivity index (χ1v) is 15.4. The van der Waals surface area contributed by atoms with Gasteiger partial charge in [0.15, 0.2) is 23.1 Å². The van der Waals surface area contributed by atoms with Gasteiger partial charge in [-0.1, -0.05) is 91.0 Å². The van der Waals surface area contributed by atoms with Crippen LogP contribution in [0.5, 0.6) is 5.75 Å². The highest BCUT2D eigenvalue weighted by molar-refractivity contribution is 6.31. The Labute approximate surface area is 267 Å². The van der Waals surface area contributed by atoms with E-state index in [1.54, 1.807) is 84.9 Å². The van der Waals surface area contributed by atoms with Crippen LogP contribution in [0.25, 0.3) is 11.3 Å². The van der Waals surface area contributed by atoms with Gasteiger partial charge in [-0.05, 0) is 59.0 Å². The third-order valence-corrected chi connectivity index (χ3v) is 9.96. The monoisotopic (exact) mass is 625 g/mol. The lowest BCUT2D eigenvalue weighted by molar-refractivity contribution is -0.133. The van der Waals surface area contributed by atoms with E-state index in [-0.39, 0.29) is 30.1 Å². The summed E-state index contributed by atoms with van der Waals surface area (Å²) in [4.78, 5) is 57.7. The van der Waals surface area contributed by atoms with Crippen LogP contribution in [0.2, 0.25) is 0 Å². The van der Waals surface area contributed by atoms with Gasteiger partial charge in [-0.3, -0.25) is 9.59 Å². The number of aromatic hydroxyl groups is 1. The van der Waals surface area contributed by atoms with Crippen molar-refractivity contribution in [1.82, 2.24) is 13.9 Å². The van der Waals surface area contributed by atoms with Crippen LogP contribution in [0, 0.1) is 11.7 Å². The fraction of sp³-hybridized carbons (Fsp3) is 0.158. The minimum atomic E-state index is -1.50. The molecule has 2 aliphatic carbocycles. The van der Waals surface area contributed by atoms with Crippen LogP contribution in [0.3, 0.4) is 0 Å². The summed E-state index contributed by atoms with van der Waals surface area (Å²) in [5.41, 5.74) is 0.231. The van der Waals surface area contributed by atoms with Crippen molar-refractivity contribution in [3.63, 3.8) is 0 Å². The van der Waals surface area contributed by atoms with Crippen LogP contribution < -0.4 is 11.4 Å². The van der Waals surface area contributed by atoms with Crippen LogP contribution >= 0.6 is 0 Å². The maximum atomic E-state index is 15.2. The second-order valence-corrected chi connectivity index (χ2v) is 12.2. The number of phenolic OH excluding ortho intramolecular Hbond substituents is 1. The van der Waals surface area contributed by atoms with Crippen molar-refractivity contribution in [2.75, 3.05) is 0 Å². The Morgan fingerprint density at radius 2 is 1.45 bits per heavy atom. The van der Waals surface area contributed by atoms with E-state index in [1.807, 2.05) is 18.2 Å². The van der Waals surface area contributed by atoms with Crippen molar-refractivity contribution in [2.24, 2.45) is 5.92 Å². The Morgan fingerprint density at radius 1 is 0.787 bits per heavy atom. The molecular formula is C38H28FN3O5. The largest absolute Gasteiger partial charge is 0.505 e. The molecular weight excluding hydrogens is 597 g/mol. The highest BCUT2D eigenvalue weighted by Crippen LogP contribution is 2.61. The number of benzene rings is 4. The first kappa shape index (κ1) is 28.6. The molecule has 8 nitrogen and oxygen atoms in total. The summed E-state index contributed by atoms with van der Waals surface area (Å²) in [5, 5.41) is 10.1. The number of allylic oxidation sites excluding steroid dienone is 4. The molecule has 3 aliphatic rings. The molecule has 9 heteroatoms. The summed E-state index contributed by atoms with van der Waals surface area (Å²) in [6.45, 7) is 0.0274. The van der Waals surface area contributed by atoms with E-state index in [4.69, 9.17) is 0 Å². The number of hydrogen-bond donors (Lipinski definition) is 1. The van der Waals surface area contributed by atoms with Crippen molar-refractivity contribution in [2.45, 2.75) is 30.3 Å². The van der Waals surface area contributed by atoms with Gasteiger partial charge < -0.3 is 5.11 Å². The maximum Gasteiger partial charge on any atom is 0.352 e. The fourth-order valence-corrected chi connectivity index (χ4v) is 8.01. The van der Waals surface area contributed by atoms with Crippen LogP contribution in [0.4, 0.5) is 4.39 Å². The summed E-state index contributed by atoms with van der Waals surface area (Å²) in [7, 11) is 0. The normalized spacial score (nSPS) is 23.3. The van der Waals surface area contributed by atoms with E-state index in [0.29, 0.717) is 28.0 Å². The number of Topliss-reactive ketones (excluding diaryl/α,β-unsaturated/α-hetero) is 1. The number of phenols is 1. The van der Waals surface area contributed by atoms with Gasteiger partial charge in [-0.25, -0.2) is 27.9 Å². The summed E-state index contributed by atoms with van der Waals surface area (Å²) in [6, 6.07) is 29.8. The van der Waals surface area contributed by atoms with E-state index >= 15 is 4.39 Å². The Morgan fingerprint density at radius 3 is 2.13 bits per heavy atom. The molecule has 0 radical (unpaired) electrons. The van der Waals surface area contributed by atoms with Crippen molar-refractivity contribution >= 4 is 17.1 Å². The molecule has 0 bridgehead atoms. The summed E-state index contributed by atoms with van der Waals surface area (Å²) < 4.78 is 19.0. The van der Waals surface area contributed by atoms with Crippen molar-refractivity contribution in [1.29, 1.82) is 0 Å². The standard InChI is InChI=1S/C38H28FN3O5/c39-30-20-24(16-17-32(30)43)34-27-18-19-40-36(46)41(26-14-8-3-9-15-26)37(47)42(40)31(27)22-29-35(45)28(23-10-4-1-5-11-23)21-33(44)38(29,34)25-12-6-2-7-13-25/h1-18,20-21,29,31,34,43H,19,22H2. The number of fused-ring (bicyclic) bond motifs is 4. The summed E-state index contributed by atoms with van der Waals surface area (Å²) >= 11 is 0. The smallest absolute Gasteiger partial charge is 0.352 e. The van der Waals surface area contributed by atoms with Gasteiger partial charge in [0.05, 0.1) is 23.7 Å². The van der Waals surface area contributed by atoms with E-state index in [2.05, 4.69) is 0 Å². The molecule has 47 heavy (non-hydrogen) atoms. The Hall–Kier alpha value is -5.83.